The molecular weight excluding hydrogens is 124 g/mol. The molecule has 0 spiro atoms. The molecule has 1 rings (SSSR count). The van der Waals surface area contributed by atoms with Crippen LogP contribution in [0, 0.1) is 0 Å². The van der Waals surface area contributed by atoms with Crippen LogP contribution in [0.4, 0.5) is 8.78 Å². The fourth-order valence-electron chi connectivity index (χ4n) is 0.492. The van der Waals surface area contributed by atoms with Crippen LogP contribution in [0.25, 0.3) is 0 Å². The topological polar surface area (TPSA) is 12.0 Å². The number of nitrogens with one attached hydrogen (secondary N) is 1. The van der Waals surface area contributed by atoms with Crippen LogP contribution in [0.2, 0.25) is 0 Å². The molecule has 0 aromatic heterocycles. The predicted molar refractivity (Wildman–Crippen MR) is 29.9 cm³/mol. The Labute approximate surface area is 51.4 Å². The summed E-state index contributed by atoms with van der Waals surface area (Å²) in [5.41, 5.74) is 2.19. The maximum atomic E-state index is 11.7. The molecule has 0 aromatic carbocycles. The van der Waals surface area contributed by atoms with Crippen LogP contribution in [-0.2, 0) is 0 Å². The molecule has 1 heterocycles. The van der Waals surface area contributed by atoms with Gasteiger partial charge in [-0.15, -0.1) is 0 Å². The van der Waals surface area contributed by atoms with E-state index < -0.39 is 6.43 Å². The molecule has 48 valence electrons. The fourth-order valence-corrected chi connectivity index (χ4v) is 0.492. The first kappa shape index (κ1) is 6.05. The third-order valence-electron chi connectivity index (χ3n) is 0.888. The van der Waals surface area contributed by atoms with Crippen molar-refractivity contribution in [2.75, 3.05) is 0 Å². The summed E-state index contributed by atoms with van der Waals surface area (Å²) >= 11 is 0. The lowest BCUT2D eigenvalue weighted by molar-refractivity contribution is 0.183. The molecule has 0 atom stereocenters. The molecular formula is C6H5F2N. The Hall–Kier alpha value is -1.08. The number of hydrogen-bond donors (Lipinski definition) is 1. The molecule has 0 amide bonds. The van der Waals surface area contributed by atoms with E-state index in [9.17, 15) is 8.78 Å². The van der Waals surface area contributed by atoms with Crippen molar-refractivity contribution in [2.24, 2.45) is 0 Å². The molecule has 1 N–H and O–H groups in total. The standard InChI is InChI=1S/C6H5F2N/c7-6(8)5-3-1-2-4-9-5/h1-2,4,6,9H. The first-order valence-electron chi connectivity index (χ1n) is 2.47. The number of allylic oxidation sites excluding steroid dienone is 2. The van der Waals surface area contributed by atoms with Crippen LogP contribution in [0.1, 0.15) is 0 Å². The van der Waals surface area contributed by atoms with Gasteiger partial charge in [-0.1, -0.05) is 5.73 Å². The van der Waals surface area contributed by atoms with E-state index in [-0.39, 0.29) is 5.70 Å². The molecule has 0 fully saturated rings. The Morgan fingerprint density at radius 2 is 2.33 bits per heavy atom. The Bertz CT molecular complexity index is 187. The van der Waals surface area contributed by atoms with Gasteiger partial charge in [0.2, 0.25) is 0 Å². The van der Waals surface area contributed by atoms with Crippen molar-refractivity contribution in [2.45, 2.75) is 6.43 Å². The van der Waals surface area contributed by atoms with E-state index in [1.165, 1.54) is 12.3 Å². The SMILES string of the molecule is FC(F)C1=C=CC=CN1. The average Bonchev–Trinajstić information content (AvgIpc) is 1.90. The summed E-state index contributed by atoms with van der Waals surface area (Å²) < 4.78 is 23.4. The van der Waals surface area contributed by atoms with E-state index in [2.05, 4.69) is 11.0 Å². The van der Waals surface area contributed by atoms with Gasteiger partial charge >= 0.3 is 0 Å². The summed E-state index contributed by atoms with van der Waals surface area (Å²) in [6.45, 7) is 0. The molecule has 0 unspecified atom stereocenters. The molecule has 1 aliphatic heterocycles. The highest BCUT2D eigenvalue weighted by molar-refractivity contribution is 5.16. The van der Waals surface area contributed by atoms with Crippen LogP contribution in [0.15, 0.2) is 29.8 Å². The summed E-state index contributed by atoms with van der Waals surface area (Å²) in [5.74, 6) is 0. The Kier molecular flexibility index (Phi) is 1.66. The maximum absolute atomic E-state index is 11.7. The molecule has 0 bridgehead atoms. The first-order valence-corrected chi connectivity index (χ1v) is 2.47. The zero-order valence-corrected chi connectivity index (χ0v) is 4.57. The van der Waals surface area contributed by atoms with Crippen molar-refractivity contribution in [1.82, 2.24) is 5.32 Å². The van der Waals surface area contributed by atoms with Gasteiger partial charge in [-0.3, -0.25) is 0 Å². The third-order valence-corrected chi connectivity index (χ3v) is 0.888. The van der Waals surface area contributed by atoms with Gasteiger partial charge in [0.25, 0.3) is 6.43 Å². The fraction of sp³-hybridized carbons (Fsp3) is 0.167. The summed E-state index contributed by atoms with van der Waals surface area (Å²) in [7, 11) is 0. The van der Waals surface area contributed by atoms with Crippen molar-refractivity contribution in [3.05, 3.63) is 29.8 Å². The average molecular weight is 129 g/mol. The highest BCUT2D eigenvalue weighted by Crippen LogP contribution is 2.04. The van der Waals surface area contributed by atoms with Gasteiger partial charge in [-0.25, -0.2) is 8.78 Å². The van der Waals surface area contributed by atoms with Crippen LogP contribution in [0.3, 0.4) is 0 Å². The van der Waals surface area contributed by atoms with Gasteiger partial charge in [0.05, 0.1) is 0 Å². The van der Waals surface area contributed by atoms with E-state index in [1.807, 2.05) is 0 Å². The first-order chi connectivity index (χ1) is 4.30. The molecule has 0 saturated heterocycles. The van der Waals surface area contributed by atoms with Crippen molar-refractivity contribution in [1.29, 1.82) is 0 Å². The largest absolute Gasteiger partial charge is 0.354 e. The smallest absolute Gasteiger partial charge is 0.285 e. The van der Waals surface area contributed by atoms with E-state index in [1.54, 1.807) is 6.08 Å². The molecule has 1 nitrogen and oxygen atoms in total. The number of halogens is 2. The minimum absolute atomic E-state index is 0.169. The van der Waals surface area contributed by atoms with Gasteiger partial charge in [0, 0.05) is 6.20 Å². The molecule has 1 aliphatic rings. The molecule has 0 aliphatic carbocycles. The summed E-state index contributed by atoms with van der Waals surface area (Å²) in [6, 6.07) is 0. The summed E-state index contributed by atoms with van der Waals surface area (Å²) in [6.07, 6.45) is 2.04. The van der Waals surface area contributed by atoms with E-state index in [0.717, 1.165) is 0 Å². The van der Waals surface area contributed by atoms with E-state index >= 15 is 0 Å². The van der Waals surface area contributed by atoms with Crippen LogP contribution in [0.5, 0.6) is 0 Å². The van der Waals surface area contributed by atoms with E-state index in [0.29, 0.717) is 0 Å². The minimum atomic E-state index is -2.45. The number of alkyl halides is 2. The second-order valence-corrected chi connectivity index (χ2v) is 1.53. The lowest BCUT2D eigenvalue weighted by Gasteiger charge is -2.03. The molecule has 0 aromatic rings. The number of hydrogen-bond acceptors (Lipinski definition) is 1. The Balaban J connectivity index is 2.73. The van der Waals surface area contributed by atoms with Gasteiger partial charge < -0.3 is 5.32 Å². The zero-order chi connectivity index (χ0) is 6.69. The lowest BCUT2D eigenvalue weighted by atomic mass is 10.4. The lowest BCUT2D eigenvalue weighted by Crippen LogP contribution is -2.12. The Morgan fingerprint density at radius 1 is 1.56 bits per heavy atom. The second kappa shape index (κ2) is 2.46. The van der Waals surface area contributed by atoms with Gasteiger partial charge in [-0.2, -0.15) is 0 Å². The zero-order valence-electron chi connectivity index (χ0n) is 4.57. The molecule has 3 heteroatoms. The van der Waals surface area contributed by atoms with Crippen molar-refractivity contribution < 1.29 is 8.78 Å². The van der Waals surface area contributed by atoms with Crippen molar-refractivity contribution >= 4 is 0 Å². The third kappa shape index (κ3) is 1.40. The normalized spacial score (nSPS) is 15.7. The van der Waals surface area contributed by atoms with Crippen molar-refractivity contribution in [3.8, 4) is 0 Å². The van der Waals surface area contributed by atoms with Crippen LogP contribution < -0.4 is 5.32 Å². The van der Waals surface area contributed by atoms with Gasteiger partial charge in [0.15, 0.2) is 0 Å². The Morgan fingerprint density at radius 3 is 2.67 bits per heavy atom. The minimum Gasteiger partial charge on any atom is -0.354 e. The highest BCUT2D eigenvalue weighted by atomic mass is 19.3. The highest BCUT2D eigenvalue weighted by Gasteiger charge is 2.08. The molecule has 0 saturated carbocycles. The second-order valence-electron chi connectivity index (χ2n) is 1.53. The predicted octanol–water partition coefficient (Wildman–Crippen LogP) is 1.41. The van der Waals surface area contributed by atoms with Crippen LogP contribution >= 0.6 is 0 Å². The van der Waals surface area contributed by atoms with Gasteiger partial charge in [0.1, 0.15) is 5.70 Å². The molecule has 0 radical (unpaired) electrons. The monoisotopic (exact) mass is 129 g/mol. The molecule has 9 heavy (non-hydrogen) atoms. The van der Waals surface area contributed by atoms with E-state index in [4.69, 9.17) is 0 Å². The maximum Gasteiger partial charge on any atom is 0.285 e. The van der Waals surface area contributed by atoms with Crippen molar-refractivity contribution in [3.63, 3.8) is 0 Å². The summed E-state index contributed by atoms with van der Waals surface area (Å²) in [5, 5.41) is 2.36. The van der Waals surface area contributed by atoms with Gasteiger partial charge in [-0.05, 0) is 12.2 Å². The number of rotatable bonds is 1. The summed E-state index contributed by atoms with van der Waals surface area (Å²) in [4.78, 5) is 0. The quantitative estimate of drug-likeness (QED) is 0.528. The van der Waals surface area contributed by atoms with Crippen LogP contribution in [-0.4, -0.2) is 6.43 Å².